The molecule has 1 atom stereocenters. The molecule has 0 aliphatic carbocycles. The monoisotopic (exact) mass is 460 g/mol. The first-order valence-corrected chi connectivity index (χ1v) is 10.9. The van der Waals surface area contributed by atoms with E-state index in [1.807, 2.05) is 6.92 Å². The Bertz CT molecular complexity index is 1030. The molecule has 0 saturated heterocycles. The fourth-order valence-corrected chi connectivity index (χ4v) is 3.70. The van der Waals surface area contributed by atoms with E-state index in [-0.39, 0.29) is 30.0 Å². The highest BCUT2D eigenvalue weighted by Gasteiger charge is 2.19. The lowest BCUT2D eigenvalue weighted by Gasteiger charge is -2.13. The van der Waals surface area contributed by atoms with Crippen molar-refractivity contribution < 1.29 is 23.4 Å². The van der Waals surface area contributed by atoms with Gasteiger partial charge in [0.1, 0.15) is 23.9 Å². The summed E-state index contributed by atoms with van der Waals surface area (Å²) in [6.45, 7) is 2.32. The summed E-state index contributed by atoms with van der Waals surface area (Å²) in [5, 5.41) is 11.6. The second-order valence-electron chi connectivity index (χ2n) is 6.86. The standard InChI is InChI=1S/C22H25FN4O4S/c1-15(12-29-2)24-21(28)14-32-22-26-25-20(27(22)19-7-5-4-6-18(19)23)13-31-17-10-8-16(30-3)9-11-17/h4-11,15H,12-14H2,1-3H3,(H,24,28). The number of nitrogens with one attached hydrogen (secondary N) is 1. The molecule has 1 heterocycles. The van der Waals surface area contributed by atoms with Crippen LogP contribution < -0.4 is 14.8 Å². The zero-order valence-electron chi connectivity index (χ0n) is 18.1. The normalized spacial score (nSPS) is 11.8. The number of halogens is 1. The van der Waals surface area contributed by atoms with Crippen molar-refractivity contribution in [1.82, 2.24) is 20.1 Å². The fraction of sp³-hybridized carbons (Fsp3) is 0.318. The summed E-state index contributed by atoms with van der Waals surface area (Å²) in [6.07, 6.45) is 0. The summed E-state index contributed by atoms with van der Waals surface area (Å²) < 4.78 is 32.1. The van der Waals surface area contributed by atoms with Crippen molar-refractivity contribution in [2.75, 3.05) is 26.6 Å². The van der Waals surface area contributed by atoms with E-state index in [4.69, 9.17) is 14.2 Å². The maximum Gasteiger partial charge on any atom is 0.230 e. The number of methoxy groups -OCH3 is 2. The van der Waals surface area contributed by atoms with Crippen LogP contribution in [0.3, 0.4) is 0 Å². The summed E-state index contributed by atoms with van der Waals surface area (Å²) in [5.74, 6) is 1.21. The van der Waals surface area contributed by atoms with Crippen molar-refractivity contribution in [2.24, 2.45) is 0 Å². The summed E-state index contributed by atoms with van der Waals surface area (Å²) in [7, 11) is 3.16. The number of thioether (sulfide) groups is 1. The van der Waals surface area contributed by atoms with E-state index in [9.17, 15) is 9.18 Å². The van der Waals surface area contributed by atoms with Gasteiger partial charge in [0, 0.05) is 13.2 Å². The predicted molar refractivity (Wildman–Crippen MR) is 119 cm³/mol. The van der Waals surface area contributed by atoms with Crippen LogP contribution in [0.2, 0.25) is 0 Å². The molecule has 0 radical (unpaired) electrons. The molecule has 32 heavy (non-hydrogen) atoms. The average molecular weight is 461 g/mol. The van der Waals surface area contributed by atoms with Crippen LogP contribution in [0.25, 0.3) is 5.69 Å². The Morgan fingerprint density at radius 2 is 1.84 bits per heavy atom. The van der Waals surface area contributed by atoms with Crippen LogP contribution in [-0.4, -0.2) is 53.3 Å². The Morgan fingerprint density at radius 1 is 1.12 bits per heavy atom. The van der Waals surface area contributed by atoms with E-state index < -0.39 is 5.82 Å². The average Bonchev–Trinajstić information content (AvgIpc) is 3.19. The van der Waals surface area contributed by atoms with Gasteiger partial charge in [0.15, 0.2) is 11.0 Å². The molecule has 10 heteroatoms. The van der Waals surface area contributed by atoms with Crippen LogP contribution >= 0.6 is 11.8 Å². The molecular weight excluding hydrogens is 435 g/mol. The first-order chi connectivity index (χ1) is 15.5. The summed E-state index contributed by atoms with van der Waals surface area (Å²) in [6, 6.07) is 13.3. The molecule has 2 aromatic carbocycles. The molecule has 0 fully saturated rings. The highest BCUT2D eigenvalue weighted by molar-refractivity contribution is 7.99. The zero-order valence-corrected chi connectivity index (χ0v) is 18.9. The number of hydrogen-bond acceptors (Lipinski definition) is 7. The first kappa shape index (κ1) is 23.6. The van der Waals surface area contributed by atoms with Gasteiger partial charge >= 0.3 is 0 Å². The lowest BCUT2D eigenvalue weighted by Crippen LogP contribution is -2.36. The lowest BCUT2D eigenvalue weighted by molar-refractivity contribution is -0.119. The topological polar surface area (TPSA) is 87.5 Å². The van der Waals surface area contributed by atoms with Crippen LogP contribution in [0.4, 0.5) is 4.39 Å². The Labute approximate surface area is 190 Å². The van der Waals surface area contributed by atoms with Crippen molar-refractivity contribution in [3.8, 4) is 17.2 Å². The maximum absolute atomic E-state index is 14.6. The van der Waals surface area contributed by atoms with Gasteiger partial charge in [0.2, 0.25) is 5.91 Å². The van der Waals surface area contributed by atoms with Gasteiger partial charge in [0.05, 0.1) is 25.2 Å². The SMILES string of the molecule is COCC(C)NC(=O)CSc1nnc(COc2ccc(OC)cc2)n1-c1ccccc1F. The second kappa shape index (κ2) is 11.5. The van der Waals surface area contributed by atoms with Crippen LogP contribution in [0.5, 0.6) is 11.5 Å². The highest BCUT2D eigenvalue weighted by atomic mass is 32.2. The number of hydrogen-bond donors (Lipinski definition) is 1. The number of benzene rings is 2. The summed E-state index contributed by atoms with van der Waals surface area (Å²) in [5.41, 5.74) is 0.279. The molecule has 3 aromatic rings. The molecule has 3 rings (SSSR count). The molecule has 1 N–H and O–H groups in total. The van der Waals surface area contributed by atoms with Crippen molar-refractivity contribution in [2.45, 2.75) is 24.7 Å². The third kappa shape index (κ3) is 6.21. The van der Waals surface area contributed by atoms with Crippen LogP contribution in [-0.2, 0) is 16.1 Å². The Hall–Kier alpha value is -3.11. The minimum Gasteiger partial charge on any atom is -0.497 e. The predicted octanol–water partition coefficient (Wildman–Crippen LogP) is 3.24. The zero-order chi connectivity index (χ0) is 22.9. The van der Waals surface area contributed by atoms with E-state index in [1.165, 1.54) is 6.07 Å². The number of rotatable bonds is 11. The molecule has 1 amide bonds. The molecule has 0 aliphatic rings. The van der Waals surface area contributed by atoms with Crippen molar-refractivity contribution >= 4 is 17.7 Å². The third-order valence-corrected chi connectivity index (χ3v) is 5.31. The van der Waals surface area contributed by atoms with Crippen molar-refractivity contribution in [3.63, 3.8) is 0 Å². The smallest absolute Gasteiger partial charge is 0.230 e. The summed E-state index contributed by atoms with van der Waals surface area (Å²) in [4.78, 5) is 12.2. The number of carbonyl (C=O) groups is 1. The molecule has 1 aromatic heterocycles. The van der Waals surface area contributed by atoms with Gasteiger partial charge < -0.3 is 19.5 Å². The Balaban J connectivity index is 1.77. The number of carbonyl (C=O) groups excluding carboxylic acids is 1. The van der Waals surface area contributed by atoms with E-state index >= 15 is 0 Å². The number of amides is 1. The number of ether oxygens (including phenoxy) is 3. The third-order valence-electron chi connectivity index (χ3n) is 4.38. The minimum absolute atomic E-state index is 0.0608. The van der Waals surface area contributed by atoms with Crippen LogP contribution in [0, 0.1) is 5.82 Å². The maximum atomic E-state index is 14.6. The van der Waals surface area contributed by atoms with Crippen molar-refractivity contribution in [1.29, 1.82) is 0 Å². The van der Waals surface area contributed by atoms with E-state index in [0.29, 0.717) is 29.1 Å². The molecule has 1 unspecified atom stereocenters. The van der Waals surface area contributed by atoms with E-state index in [0.717, 1.165) is 11.8 Å². The molecule has 0 spiro atoms. The van der Waals surface area contributed by atoms with Crippen LogP contribution in [0.1, 0.15) is 12.7 Å². The number of nitrogens with zero attached hydrogens (tertiary/aromatic N) is 3. The number of para-hydroxylation sites is 1. The second-order valence-corrected chi connectivity index (χ2v) is 7.80. The van der Waals surface area contributed by atoms with Gasteiger partial charge in [-0.15, -0.1) is 10.2 Å². The fourth-order valence-electron chi connectivity index (χ4n) is 2.92. The van der Waals surface area contributed by atoms with Gasteiger partial charge in [-0.1, -0.05) is 23.9 Å². The summed E-state index contributed by atoms with van der Waals surface area (Å²) >= 11 is 1.16. The largest absolute Gasteiger partial charge is 0.497 e. The minimum atomic E-state index is -0.432. The molecule has 0 bridgehead atoms. The van der Waals surface area contributed by atoms with Gasteiger partial charge in [-0.3, -0.25) is 9.36 Å². The van der Waals surface area contributed by atoms with Crippen LogP contribution in [0.15, 0.2) is 53.7 Å². The van der Waals surface area contributed by atoms with E-state index in [1.54, 1.807) is 61.3 Å². The molecule has 0 aliphatic heterocycles. The quantitative estimate of drug-likeness (QED) is 0.440. The number of aromatic nitrogens is 3. The molecule has 170 valence electrons. The van der Waals surface area contributed by atoms with Crippen molar-refractivity contribution in [3.05, 3.63) is 60.2 Å². The molecule has 0 saturated carbocycles. The highest BCUT2D eigenvalue weighted by Crippen LogP contribution is 2.25. The molecular formula is C22H25FN4O4S. The van der Waals surface area contributed by atoms with Gasteiger partial charge in [-0.2, -0.15) is 0 Å². The van der Waals surface area contributed by atoms with E-state index in [2.05, 4.69) is 15.5 Å². The molecule has 8 nitrogen and oxygen atoms in total. The van der Waals surface area contributed by atoms with Gasteiger partial charge in [-0.25, -0.2) is 4.39 Å². The Kier molecular flexibility index (Phi) is 8.46. The lowest BCUT2D eigenvalue weighted by atomic mass is 10.3. The van der Waals surface area contributed by atoms with Gasteiger partial charge in [0.25, 0.3) is 0 Å². The Morgan fingerprint density at radius 3 is 2.53 bits per heavy atom. The van der Waals surface area contributed by atoms with Gasteiger partial charge in [-0.05, 0) is 43.3 Å². The first-order valence-electron chi connectivity index (χ1n) is 9.89.